The second-order valence-corrected chi connectivity index (χ2v) is 7.11. The van der Waals surface area contributed by atoms with E-state index in [0.717, 1.165) is 50.6 Å². The molecule has 0 saturated carbocycles. The molecule has 0 radical (unpaired) electrons. The van der Waals surface area contributed by atoms with Crippen LogP contribution in [0.1, 0.15) is 50.4 Å². The lowest BCUT2D eigenvalue weighted by molar-refractivity contribution is -0.134. The highest BCUT2D eigenvalue weighted by molar-refractivity contribution is 14.0. The summed E-state index contributed by atoms with van der Waals surface area (Å²) in [5.41, 5.74) is 2.25. The summed E-state index contributed by atoms with van der Waals surface area (Å²) in [5, 5.41) is 11.0. The lowest BCUT2D eigenvalue weighted by Gasteiger charge is -2.33. The van der Waals surface area contributed by atoms with Crippen LogP contribution in [-0.4, -0.2) is 59.3 Å². The van der Waals surface area contributed by atoms with Crippen molar-refractivity contribution in [2.75, 3.05) is 26.7 Å². The lowest BCUT2D eigenvalue weighted by Crippen LogP contribution is -2.44. The molecule has 1 atom stereocenters. The molecule has 0 aliphatic carbocycles. The minimum absolute atomic E-state index is 0. The maximum atomic E-state index is 12.3. The third-order valence-corrected chi connectivity index (χ3v) is 4.92. The fourth-order valence-electron chi connectivity index (χ4n) is 3.46. The molecule has 1 aromatic rings. The van der Waals surface area contributed by atoms with Gasteiger partial charge in [-0.25, -0.2) is 0 Å². The van der Waals surface area contributed by atoms with E-state index >= 15 is 0 Å². The van der Waals surface area contributed by atoms with E-state index in [0.29, 0.717) is 19.0 Å². The Bertz CT molecular complexity index is 615. The molecule has 1 fully saturated rings. The Morgan fingerprint density at radius 1 is 1.30 bits per heavy atom. The third-order valence-electron chi connectivity index (χ3n) is 4.92. The number of amides is 1. The molecule has 154 valence electrons. The van der Waals surface area contributed by atoms with E-state index in [4.69, 9.17) is 0 Å². The summed E-state index contributed by atoms with van der Waals surface area (Å²) in [7, 11) is 1.75. The van der Waals surface area contributed by atoms with Crippen LogP contribution in [0.25, 0.3) is 0 Å². The van der Waals surface area contributed by atoms with Crippen molar-refractivity contribution in [2.45, 2.75) is 65.5 Å². The van der Waals surface area contributed by atoms with Crippen molar-refractivity contribution in [3.05, 3.63) is 17.5 Å². The van der Waals surface area contributed by atoms with Crippen molar-refractivity contribution in [1.82, 2.24) is 25.3 Å². The van der Waals surface area contributed by atoms with Gasteiger partial charge >= 0.3 is 0 Å². The van der Waals surface area contributed by atoms with Crippen LogP contribution in [-0.2, 0) is 11.3 Å². The first-order valence-corrected chi connectivity index (χ1v) is 9.76. The topological polar surface area (TPSA) is 74.5 Å². The number of aliphatic imine (C=N–C) groups is 1. The number of piperidine rings is 1. The summed E-state index contributed by atoms with van der Waals surface area (Å²) in [6.45, 7) is 9.45. The van der Waals surface area contributed by atoms with Crippen molar-refractivity contribution in [3.63, 3.8) is 0 Å². The third kappa shape index (κ3) is 7.67. The molecule has 0 bridgehead atoms. The van der Waals surface area contributed by atoms with Gasteiger partial charge in [-0.05, 0) is 52.5 Å². The van der Waals surface area contributed by atoms with E-state index in [1.54, 1.807) is 7.05 Å². The van der Waals surface area contributed by atoms with E-state index in [9.17, 15) is 4.79 Å². The quantitative estimate of drug-likeness (QED) is 0.267. The largest absolute Gasteiger partial charge is 0.356 e. The molecule has 0 spiro atoms. The standard InChI is InChI=1S/C19H34N6O.HI/c1-15-14-17(3)25(23-15)13-7-10-21-19(20-4)22-11-9-18(26)24-12-6-5-8-16(24)2;/h14,16H,5-13H2,1-4H3,(H2,20,21,22);1H. The lowest BCUT2D eigenvalue weighted by atomic mass is 10.0. The summed E-state index contributed by atoms with van der Waals surface area (Å²) < 4.78 is 2.03. The molecule has 0 aromatic carbocycles. The highest BCUT2D eigenvalue weighted by Gasteiger charge is 2.22. The van der Waals surface area contributed by atoms with Crippen molar-refractivity contribution in [1.29, 1.82) is 0 Å². The summed E-state index contributed by atoms with van der Waals surface area (Å²) in [6, 6.07) is 2.47. The number of hydrogen-bond donors (Lipinski definition) is 2. The van der Waals surface area contributed by atoms with Crippen LogP contribution in [0.4, 0.5) is 0 Å². The smallest absolute Gasteiger partial charge is 0.224 e. The maximum absolute atomic E-state index is 12.3. The average Bonchev–Trinajstić information content (AvgIpc) is 2.94. The van der Waals surface area contributed by atoms with Gasteiger partial charge < -0.3 is 15.5 Å². The van der Waals surface area contributed by atoms with Crippen molar-refractivity contribution < 1.29 is 4.79 Å². The van der Waals surface area contributed by atoms with Gasteiger partial charge in [0.05, 0.1) is 5.69 Å². The van der Waals surface area contributed by atoms with Crippen molar-refractivity contribution >= 4 is 35.8 Å². The number of rotatable bonds is 7. The molecule has 8 heteroatoms. The van der Waals surface area contributed by atoms with Gasteiger partial charge in [-0.3, -0.25) is 14.5 Å². The zero-order chi connectivity index (χ0) is 18.9. The Balaban J connectivity index is 0.00000364. The van der Waals surface area contributed by atoms with Gasteiger partial charge in [0.1, 0.15) is 0 Å². The normalized spacial score (nSPS) is 17.4. The monoisotopic (exact) mass is 490 g/mol. The highest BCUT2D eigenvalue weighted by Crippen LogP contribution is 2.16. The number of nitrogens with zero attached hydrogens (tertiary/aromatic N) is 4. The van der Waals surface area contributed by atoms with Gasteiger partial charge in [-0.2, -0.15) is 5.10 Å². The first-order valence-electron chi connectivity index (χ1n) is 9.76. The molecule has 2 heterocycles. The van der Waals surface area contributed by atoms with Crippen LogP contribution >= 0.6 is 24.0 Å². The second-order valence-electron chi connectivity index (χ2n) is 7.11. The van der Waals surface area contributed by atoms with Crippen molar-refractivity contribution in [2.24, 2.45) is 4.99 Å². The molecule has 1 aromatic heterocycles. The minimum Gasteiger partial charge on any atom is -0.356 e. The fourth-order valence-corrected chi connectivity index (χ4v) is 3.46. The van der Waals surface area contributed by atoms with Gasteiger partial charge in [-0.15, -0.1) is 24.0 Å². The van der Waals surface area contributed by atoms with E-state index in [-0.39, 0.29) is 29.9 Å². The van der Waals surface area contributed by atoms with E-state index in [2.05, 4.69) is 40.6 Å². The Labute approximate surface area is 180 Å². The molecule has 1 amide bonds. The number of carbonyl (C=O) groups excluding carboxylic acids is 1. The summed E-state index contributed by atoms with van der Waals surface area (Å²) in [6.07, 6.45) is 4.96. The Morgan fingerprint density at radius 2 is 2.04 bits per heavy atom. The van der Waals surface area contributed by atoms with Gasteiger partial charge in [0, 0.05) is 51.4 Å². The molecular weight excluding hydrogens is 455 g/mol. The van der Waals surface area contributed by atoms with Crippen molar-refractivity contribution in [3.8, 4) is 0 Å². The van der Waals surface area contributed by atoms with Crippen LogP contribution < -0.4 is 10.6 Å². The Hall–Kier alpha value is -1.32. The van der Waals surface area contributed by atoms with Crippen LogP contribution in [0.5, 0.6) is 0 Å². The van der Waals surface area contributed by atoms with Crippen LogP contribution in [0.15, 0.2) is 11.1 Å². The summed E-state index contributed by atoms with van der Waals surface area (Å²) in [4.78, 5) is 18.6. The number of carbonyl (C=O) groups is 1. The molecule has 2 N–H and O–H groups in total. The van der Waals surface area contributed by atoms with E-state index in [1.807, 2.05) is 16.5 Å². The number of likely N-dealkylation sites (tertiary alicyclic amines) is 1. The molecule has 1 unspecified atom stereocenters. The number of aryl methyl sites for hydroxylation is 3. The Kier molecular flexibility index (Phi) is 10.7. The first-order chi connectivity index (χ1) is 12.5. The second kappa shape index (κ2) is 12.2. The summed E-state index contributed by atoms with van der Waals surface area (Å²) >= 11 is 0. The fraction of sp³-hybridized carbons (Fsp3) is 0.737. The van der Waals surface area contributed by atoms with Crippen LogP contribution in [0.3, 0.4) is 0 Å². The molecule has 1 aliphatic rings. The highest BCUT2D eigenvalue weighted by atomic mass is 127. The van der Waals surface area contributed by atoms with Gasteiger partial charge in [0.25, 0.3) is 0 Å². The molecule has 2 rings (SSSR count). The molecule has 1 saturated heterocycles. The first kappa shape index (κ1) is 23.7. The zero-order valence-electron chi connectivity index (χ0n) is 17.1. The van der Waals surface area contributed by atoms with Gasteiger partial charge in [0.2, 0.25) is 5.91 Å². The molecular formula is C19H35IN6O. The number of hydrogen-bond acceptors (Lipinski definition) is 3. The average molecular weight is 490 g/mol. The maximum Gasteiger partial charge on any atom is 0.224 e. The summed E-state index contributed by atoms with van der Waals surface area (Å²) in [5.74, 6) is 0.988. The Morgan fingerprint density at radius 3 is 2.67 bits per heavy atom. The van der Waals surface area contributed by atoms with Crippen LogP contribution in [0.2, 0.25) is 0 Å². The predicted octanol–water partition coefficient (Wildman–Crippen LogP) is 2.46. The van der Waals surface area contributed by atoms with E-state index in [1.165, 1.54) is 12.1 Å². The molecule has 27 heavy (non-hydrogen) atoms. The molecule has 7 nitrogen and oxygen atoms in total. The van der Waals surface area contributed by atoms with Crippen LogP contribution in [0, 0.1) is 13.8 Å². The van der Waals surface area contributed by atoms with E-state index < -0.39 is 0 Å². The van der Waals surface area contributed by atoms with Gasteiger partial charge in [0.15, 0.2) is 5.96 Å². The zero-order valence-corrected chi connectivity index (χ0v) is 19.5. The number of aromatic nitrogens is 2. The minimum atomic E-state index is 0. The molecule has 1 aliphatic heterocycles. The number of halogens is 1. The number of guanidine groups is 1. The SMILES string of the molecule is CN=C(NCCCn1nc(C)cc1C)NCCC(=O)N1CCCCC1C.I. The predicted molar refractivity (Wildman–Crippen MR) is 121 cm³/mol. The van der Waals surface area contributed by atoms with Gasteiger partial charge in [-0.1, -0.05) is 0 Å². The number of nitrogens with one attached hydrogen (secondary N) is 2.